The maximum atomic E-state index is 12.4. The van der Waals surface area contributed by atoms with E-state index in [2.05, 4.69) is 32.6 Å². The van der Waals surface area contributed by atoms with Crippen LogP contribution in [0.5, 0.6) is 0 Å². The molecule has 174 valence electrons. The number of benzene rings is 2. The van der Waals surface area contributed by atoms with Gasteiger partial charge in [-0.15, -0.1) is 0 Å². The highest BCUT2D eigenvalue weighted by molar-refractivity contribution is 6.39. The Kier molecular flexibility index (Phi) is 7.24. The number of anilines is 3. The first-order chi connectivity index (χ1) is 16.0. The van der Waals surface area contributed by atoms with Crippen LogP contribution in [0, 0.1) is 6.92 Å². The molecule has 33 heavy (non-hydrogen) atoms. The van der Waals surface area contributed by atoms with E-state index < -0.39 is 11.8 Å². The molecule has 2 heterocycles. The van der Waals surface area contributed by atoms with E-state index in [9.17, 15) is 14.4 Å². The zero-order chi connectivity index (χ0) is 23.2. The molecule has 2 N–H and O–H groups in total. The Labute approximate surface area is 194 Å². The van der Waals surface area contributed by atoms with Crippen molar-refractivity contribution in [1.29, 1.82) is 0 Å². The molecule has 4 rings (SSSR count). The zero-order valence-electron chi connectivity index (χ0n) is 19.0. The average molecular weight is 450 g/mol. The summed E-state index contributed by atoms with van der Waals surface area (Å²) in [7, 11) is 0. The lowest BCUT2D eigenvalue weighted by Gasteiger charge is -2.36. The van der Waals surface area contributed by atoms with Crippen LogP contribution < -0.4 is 20.4 Å². The van der Waals surface area contributed by atoms with Crippen molar-refractivity contribution in [2.45, 2.75) is 19.8 Å². The van der Waals surface area contributed by atoms with E-state index in [1.54, 1.807) is 17.0 Å². The third-order valence-electron chi connectivity index (χ3n) is 6.24. The van der Waals surface area contributed by atoms with Crippen LogP contribution in [0.4, 0.5) is 17.1 Å². The van der Waals surface area contributed by atoms with Crippen LogP contribution in [-0.4, -0.2) is 68.4 Å². The average Bonchev–Trinajstić information content (AvgIpc) is 3.26. The largest absolute Gasteiger partial charge is 0.369 e. The van der Waals surface area contributed by atoms with Gasteiger partial charge in [0.15, 0.2) is 0 Å². The number of amides is 3. The number of aryl methyl sites for hydroxylation is 1. The highest BCUT2D eigenvalue weighted by Crippen LogP contribution is 2.28. The van der Waals surface area contributed by atoms with Crippen molar-refractivity contribution in [2.24, 2.45) is 0 Å². The van der Waals surface area contributed by atoms with E-state index in [1.165, 1.54) is 5.69 Å². The van der Waals surface area contributed by atoms with Crippen LogP contribution in [0.3, 0.4) is 0 Å². The number of nitrogens with zero attached hydrogens (tertiary/aromatic N) is 3. The summed E-state index contributed by atoms with van der Waals surface area (Å²) < 4.78 is 0. The fraction of sp³-hybridized carbons (Fsp3) is 0.400. The topological polar surface area (TPSA) is 85.0 Å². The molecule has 3 amide bonds. The van der Waals surface area contributed by atoms with Gasteiger partial charge in [-0.1, -0.05) is 24.3 Å². The van der Waals surface area contributed by atoms with Gasteiger partial charge in [0, 0.05) is 69.3 Å². The Morgan fingerprint density at radius 1 is 0.939 bits per heavy atom. The van der Waals surface area contributed by atoms with E-state index in [1.807, 2.05) is 31.2 Å². The number of piperazine rings is 1. The second-order valence-electron chi connectivity index (χ2n) is 8.52. The lowest BCUT2D eigenvalue weighted by Crippen LogP contribution is -2.49. The van der Waals surface area contributed by atoms with Gasteiger partial charge in [-0.25, -0.2) is 0 Å². The predicted octanol–water partition coefficient (Wildman–Crippen LogP) is 2.00. The van der Waals surface area contributed by atoms with Crippen molar-refractivity contribution in [3.05, 3.63) is 54.1 Å². The molecule has 0 unspecified atom stereocenters. The van der Waals surface area contributed by atoms with E-state index >= 15 is 0 Å². The number of hydrogen-bond acceptors (Lipinski definition) is 5. The molecule has 2 aromatic carbocycles. The van der Waals surface area contributed by atoms with Crippen molar-refractivity contribution in [1.82, 2.24) is 10.2 Å². The molecule has 0 spiro atoms. The SMILES string of the molecule is Cc1ccc(NC(=O)C(=O)NCCN2CCN(c3ccccc3)CC2)cc1N1CCCC1=O. The lowest BCUT2D eigenvalue weighted by molar-refractivity contribution is -0.136. The smallest absolute Gasteiger partial charge is 0.313 e. The second-order valence-corrected chi connectivity index (χ2v) is 8.52. The number of nitrogens with one attached hydrogen (secondary N) is 2. The molecule has 2 aliphatic heterocycles. The molecular weight excluding hydrogens is 418 g/mol. The van der Waals surface area contributed by atoms with Gasteiger partial charge < -0.3 is 20.4 Å². The first-order valence-electron chi connectivity index (χ1n) is 11.5. The van der Waals surface area contributed by atoms with Gasteiger partial charge in [-0.2, -0.15) is 0 Å². The zero-order valence-corrected chi connectivity index (χ0v) is 19.0. The minimum atomic E-state index is -0.702. The molecule has 0 aromatic heterocycles. The standard InChI is InChI=1S/C25H31N5O3/c1-19-9-10-20(18-22(19)30-12-5-8-23(30)31)27-25(33)24(32)26-11-13-28-14-16-29(17-15-28)21-6-3-2-4-7-21/h2-4,6-7,9-10,18H,5,8,11-17H2,1H3,(H,26,32)(H,27,33). The number of carbonyl (C=O) groups excluding carboxylic acids is 3. The van der Waals surface area contributed by atoms with Crippen LogP contribution in [0.25, 0.3) is 0 Å². The summed E-state index contributed by atoms with van der Waals surface area (Å²) >= 11 is 0. The molecule has 8 nitrogen and oxygen atoms in total. The lowest BCUT2D eigenvalue weighted by atomic mass is 10.1. The van der Waals surface area contributed by atoms with Crippen LogP contribution in [0.1, 0.15) is 18.4 Å². The molecular formula is C25H31N5O3. The van der Waals surface area contributed by atoms with Crippen LogP contribution in [-0.2, 0) is 14.4 Å². The van der Waals surface area contributed by atoms with E-state index in [0.717, 1.165) is 43.9 Å². The van der Waals surface area contributed by atoms with E-state index in [0.29, 0.717) is 31.7 Å². The summed E-state index contributed by atoms with van der Waals surface area (Å²) in [5.41, 5.74) is 3.48. The third kappa shape index (κ3) is 5.70. The Hall–Kier alpha value is -3.39. The fourth-order valence-electron chi connectivity index (χ4n) is 4.34. The van der Waals surface area contributed by atoms with Gasteiger partial charge in [0.1, 0.15) is 0 Å². The normalized spacial score (nSPS) is 16.7. The first-order valence-corrected chi connectivity index (χ1v) is 11.5. The van der Waals surface area contributed by atoms with Crippen molar-refractivity contribution in [3.63, 3.8) is 0 Å². The molecule has 2 fully saturated rings. The van der Waals surface area contributed by atoms with Crippen LogP contribution >= 0.6 is 0 Å². The van der Waals surface area contributed by atoms with Gasteiger partial charge >= 0.3 is 11.8 Å². The van der Waals surface area contributed by atoms with Crippen molar-refractivity contribution in [2.75, 3.05) is 60.9 Å². The Morgan fingerprint density at radius 3 is 2.39 bits per heavy atom. The van der Waals surface area contributed by atoms with Gasteiger partial charge in [-0.3, -0.25) is 19.3 Å². The van der Waals surface area contributed by atoms with Gasteiger partial charge in [0.25, 0.3) is 0 Å². The number of carbonyl (C=O) groups is 3. The molecule has 2 aliphatic rings. The van der Waals surface area contributed by atoms with Gasteiger partial charge in [0.2, 0.25) is 5.91 Å². The molecule has 2 saturated heterocycles. The summed E-state index contributed by atoms with van der Waals surface area (Å²) in [5, 5.41) is 5.36. The highest BCUT2D eigenvalue weighted by atomic mass is 16.2. The van der Waals surface area contributed by atoms with Gasteiger partial charge in [0.05, 0.1) is 0 Å². The molecule has 0 bridgehead atoms. The number of hydrogen-bond donors (Lipinski definition) is 2. The Balaban J connectivity index is 1.21. The maximum absolute atomic E-state index is 12.4. The third-order valence-corrected chi connectivity index (χ3v) is 6.24. The molecule has 0 radical (unpaired) electrons. The first kappa shape index (κ1) is 22.8. The summed E-state index contributed by atoms with van der Waals surface area (Å²) in [5.74, 6) is -1.27. The highest BCUT2D eigenvalue weighted by Gasteiger charge is 2.24. The van der Waals surface area contributed by atoms with E-state index in [-0.39, 0.29) is 5.91 Å². The van der Waals surface area contributed by atoms with Crippen LogP contribution in [0.15, 0.2) is 48.5 Å². The predicted molar refractivity (Wildman–Crippen MR) is 130 cm³/mol. The van der Waals surface area contributed by atoms with Crippen molar-refractivity contribution >= 4 is 34.8 Å². The minimum absolute atomic E-state index is 0.0870. The summed E-state index contributed by atoms with van der Waals surface area (Å²) in [6.07, 6.45) is 1.37. The molecule has 0 aliphatic carbocycles. The maximum Gasteiger partial charge on any atom is 0.313 e. The van der Waals surface area contributed by atoms with Gasteiger partial charge in [-0.05, 0) is 43.2 Å². The Bertz CT molecular complexity index is 1000. The number of rotatable bonds is 6. The van der Waals surface area contributed by atoms with Crippen LogP contribution in [0.2, 0.25) is 0 Å². The molecule has 0 saturated carbocycles. The summed E-state index contributed by atoms with van der Waals surface area (Å²) in [4.78, 5) is 43.1. The fourth-order valence-corrected chi connectivity index (χ4v) is 4.34. The quantitative estimate of drug-likeness (QED) is 0.659. The molecule has 2 aromatic rings. The summed E-state index contributed by atoms with van der Waals surface area (Å²) in [6.45, 7) is 7.43. The van der Waals surface area contributed by atoms with E-state index in [4.69, 9.17) is 0 Å². The van der Waals surface area contributed by atoms with Crippen molar-refractivity contribution in [3.8, 4) is 0 Å². The number of para-hydroxylation sites is 1. The summed E-state index contributed by atoms with van der Waals surface area (Å²) in [6, 6.07) is 15.7. The monoisotopic (exact) mass is 449 g/mol. The Morgan fingerprint density at radius 2 is 1.70 bits per heavy atom. The van der Waals surface area contributed by atoms with Crippen molar-refractivity contribution < 1.29 is 14.4 Å². The minimum Gasteiger partial charge on any atom is -0.369 e. The molecule has 0 atom stereocenters. The molecule has 8 heteroatoms. The second kappa shape index (κ2) is 10.5.